The molecule has 3 aromatic rings. The molecule has 0 saturated heterocycles. The van der Waals surface area contributed by atoms with Gasteiger partial charge in [0.2, 0.25) is 5.16 Å². The van der Waals surface area contributed by atoms with Crippen LogP contribution in [0.2, 0.25) is 0 Å². The molecule has 2 heterocycles. The van der Waals surface area contributed by atoms with Crippen molar-refractivity contribution >= 4 is 17.7 Å². The molecular weight excluding hydrogens is 368 g/mol. The second-order valence-electron chi connectivity index (χ2n) is 5.76. The predicted octanol–water partition coefficient (Wildman–Crippen LogP) is 2.57. The van der Waals surface area contributed by atoms with E-state index in [1.165, 1.54) is 23.5 Å². The maximum absolute atomic E-state index is 11.6. The Morgan fingerprint density at radius 3 is 2.67 bits per heavy atom. The zero-order valence-corrected chi connectivity index (χ0v) is 16.1. The number of nitrogens with two attached hydrogens (primary N) is 1. The van der Waals surface area contributed by atoms with Gasteiger partial charge in [-0.15, -0.1) is 10.2 Å². The van der Waals surface area contributed by atoms with Gasteiger partial charge in [0, 0.05) is 6.42 Å². The van der Waals surface area contributed by atoms with Crippen LogP contribution in [0.5, 0.6) is 5.75 Å². The number of benzene rings is 1. The topological polar surface area (TPSA) is 105 Å². The summed E-state index contributed by atoms with van der Waals surface area (Å²) in [6.07, 6.45) is 0.556. The third-order valence-corrected chi connectivity index (χ3v) is 4.94. The standard InChI is InChI=1S/C18H20N4O4S/c1-11-15(17(23)25-3)9-14(26-11)10-27-18-21-20-16(22(18)19)8-12-4-6-13(24-2)7-5-12/h4-7,9H,8,10,19H2,1-3H3. The van der Waals surface area contributed by atoms with Crippen LogP contribution in [-0.2, 0) is 16.9 Å². The van der Waals surface area contributed by atoms with E-state index < -0.39 is 5.97 Å². The van der Waals surface area contributed by atoms with Gasteiger partial charge in [0.25, 0.3) is 0 Å². The number of rotatable bonds is 7. The molecule has 27 heavy (non-hydrogen) atoms. The second-order valence-corrected chi connectivity index (χ2v) is 6.70. The van der Waals surface area contributed by atoms with Gasteiger partial charge in [-0.05, 0) is 30.7 Å². The van der Waals surface area contributed by atoms with Crippen molar-refractivity contribution in [3.63, 3.8) is 0 Å². The summed E-state index contributed by atoms with van der Waals surface area (Å²) in [7, 11) is 2.97. The molecule has 0 spiro atoms. The fraction of sp³-hybridized carbons (Fsp3) is 0.278. The van der Waals surface area contributed by atoms with Crippen molar-refractivity contribution in [2.45, 2.75) is 24.3 Å². The number of furan rings is 1. The molecule has 2 N–H and O–H groups in total. The minimum atomic E-state index is -0.420. The van der Waals surface area contributed by atoms with E-state index in [-0.39, 0.29) is 0 Å². The number of carbonyl (C=O) groups excluding carboxylic acids is 1. The van der Waals surface area contributed by atoms with E-state index in [2.05, 4.69) is 10.2 Å². The van der Waals surface area contributed by atoms with Crippen molar-refractivity contribution < 1.29 is 18.7 Å². The molecule has 8 nitrogen and oxygen atoms in total. The summed E-state index contributed by atoms with van der Waals surface area (Å²) in [5.74, 6) is 8.76. The summed E-state index contributed by atoms with van der Waals surface area (Å²) in [4.78, 5) is 11.6. The van der Waals surface area contributed by atoms with E-state index >= 15 is 0 Å². The Morgan fingerprint density at radius 2 is 2.00 bits per heavy atom. The van der Waals surface area contributed by atoms with Gasteiger partial charge in [0.05, 0.1) is 20.0 Å². The number of methoxy groups -OCH3 is 2. The average molecular weight is 388 g/mol. The van der Waals surface area contributed by atoms with E-state index in [1.807, 2.05) is 24.3 Å². The normalized spacial score (nSPS) is 10.8. The third-order valence-electron chi connectivity index (χ3n) is 3.97. The Balaban J connectivity index is 1.66. The molecule has 0 amide bonds. The van der Waals surface area contributed by atoms with Crippen LogP contribution in [0, 0.1) is 6.92 Å². The van der Waals surface area contributed by atoms with Gasteiger partial charge in [-0.25, -0.2) is 9.47 Å². The molecule has 0 radical (unpaired) electrons. The highest BCUT2D eigenvalue weighted by molar-refractivity contribution is 7.98. The Kier molecular flexibility index (Phi) is 5.70. The van der Waals surface area contributed by atoms with Gasteiger partial charge in [-0.2, -0.15) is 0 Å². The predicted molar refractivity (Wildman–Crippen MR) is 100 cm³/mol. The number of ether oxygens (including phenoxy) is 2. The zero-order valence-electron chi connectivity index (χ0n) is 15.3. The number of aromatic nitrogens is 3. The van der Waals surface area contributed by atoms with E-state index in [0.29, 0.717) is 40.2 Å². The van der Waals surface area contributed by atoms with E-state index in [4.69, 9.17) is 19.7 Å². The molecule has 0 atom stereocenters. The molecule has 9 heteroatoms. The number of esters is 1. The first-order valence-electron chi connectivity index (χ1n) is 8.14. The van der Waals surface area contributed by atoms with Crippen LogP contribution in [-0.4, -0.2) is 35.1 Å². The molecule has 0 aliphatic heterocycles. The largest absolute Gasteiger partial charge is 0.497 e. The Hall–Kier alpha value is -2.94. The minimum absolute atomic E-state index is 0.419. The Labute approximate surface area is 160 Å². The molecule has 0 aliphatic rings. The number of nitrogen functional groups attached to an aromatic ring is 1. The van der Waals surface area contributed by atoms with Gasteiger partial charge in [-0.1, -0.05) is 23.9 Å². The zero-order chi connectivity index (χ0) is 19.4. The number of hydrogen-bond acceptors (Lipinski definition) is 8. The van der Waals surface area contributed by atoms with Crippen LogP contribution in [0.4, 0.5) is 0 Å². The molecule has 0 bridgehead atoms. The minimum Gasteiger partial charge on any atom is -0.497 e. The lowest BCUT2D eigenvalue weighted by molar-refractivity contribution is 0.0599. The molecule has 0 fully saturated rings. The fourth-order valence-corrected chi connectivity index (χ4v) is 3.27. The summed E-state index contributed by atoms with van der Waals surface area (Å²) in [5, 5.41) is 8.86. The van der Waals surface area contributed by atoms with Crippen molar-refractivity contribution in [2.75, 3.05) is 20.1 Å². The van der Waals surface area contributed by atoms with E-state index in [0.717, 1.165) is 11.3 Å². The number of nitrogens with zero attached hydrogens (tertiary/aromatic N) is 3. The van der Waals surface area contributed by atoms with Gasteiger partial charge in [-0.3, -0.25) is 0 Å². The first-order valence-corrected chi connectivity index (χ1v) is 9.13. The molecule has 0 unspecified atom stereocenters. The van der Waals surface area contributed by atoms with Crippen molar-refractivity contribution in [1.82, 2.24) is 14.9 Å². The Bertz CT molecular complexity index is 933. The van der Waals surface area contributed by atoms with Crippen molar-refractivity contribution in [2.24, 2.45) is 0 Å². The molecular formula is C18H20N4O4S. The third kappa shape index (κ3) is 4.25. The van der Waals surface area contributed by atoms with Gasteiger partial charge in [0.1, 0.15) is 22.8 Å². The summed E-state index contributed by atoms with van der Waals surface area (Å²) < 4.78 is 16.9. The number of hydrogen-bond donors (Lipinski definition) is 1. The van der Waals surface area contributed by atoms with Crippen molar-refractivity contribution in [3.05, 3.63) is 58.8 Å². The maximum Gasteiger partial charge on any atom is 0.341 e. The Morgan fingerprint density at radius 1 is 1.26 bits per heavy atom. The quantitative estimate of drug-likeness (QED) is 0.374. The van der Waals surface area contributed by atoms with Gasteiger partial charge < -0.3 is 19.7 Å². The first-order chi connectivity index (χ1) is 13.0. The SMILES string of the molecule is COC(=O)c1cc(CSc2nnc(Cc3ccc(OC)cc3)n2N)oc1C. The highest BCUT2D eigenvalue weighted by Crippen LogP contribution is 2.25. The van der Waals surface area contributed by atoms with Crippen molar-refractivity contribution in [3.8, 4) is 5.75 Å². The number of carbonyl (C=O) groups is 1. The molecule has 142 valence electrons. The lowest BCUT2D eigenvalue weighted by atomic mass is 10.1. The molecule has 0 aliphatic carbocycles. The fourth-order valence-electron chi connectivity index (χ4n) is 2.52. The highest BCUT2D eigenvalue weighted by atomic mass is 32.2. The average Bonchev–Trinajstić information content (AvgIpc) is 3.23. The summed E-state index contributed by atoms with van der Waals surface area (Å²) >= 11 is 1.38. The summed E-state index contributed by atoms with van der Waals surface area (Å²) in [5.41, 5.74) is 1.47. The second kappa shape index (κ2) is 8.17. The van der Waals surface area contributed by atoms with E-state index in [9.17, 15) is 4.79 Å². The molecule has 3 rings (SSSR count). The molecule has 1 aromatic carbocycles. The van der Waals surface area contributed by atoms with Crippen molar-refractivity contribution in [1.29, 1.82) is 0 Å². The number of aryl methyl sites for hydroxylation is 1. The molecule has 2 aromatic heterocycles. The smallest absolute Gasteiger partial charge is 0.341 e. The lowest BCUT2D eigenvalue weighted by Crippen LogP contribution is -2.14. The monoisotopic (exact) mass is 388 g/mol. The van der Waals surface area contributed by atoms with Crippen LogP contribution in [0.25, 0.3) is 0 Å². The summed E-state index contributed by atoms with van der Waals surface area (Å²) in [6.45, 7) is 1.72. The van der Waals surface area contributed by atoms with E-state index in [1.54, 1.807) is 20.1 Å². The van der Waals surface area contributed by atoms with Crippen LogP contribution in [0.15, 0.2) is 39.9 Å². The van der Waals surface area contributed by atoms with Crippen LogP contribution >= 0.6 is 11.8 Å². The number of thioether (sulfide) groups is 1. The van der Waals surface area contributed by atoms with Crippen LogP contribution in [0.3, 0.4) is 0 Å². The van der Waals surface area contributed by atoms with Crippen LogP contribution < -0.4 is 10.6 Å². The molecule has 0 saturated carbocycles. The highest BCUT2D eigenvalue weighted by Gasteiger charge is 2.17. The van der Waals surface area contributed by atoms with Crippen LogP contribution in [0.1, 0.15) is 33.3 Å². The maximum atomic E-state index is 11.6. The van der Waals surface area contributed by atoms with Gasteiger partial charge in [0.15, 0.2) is 5.82 Å². The first kappa shape index (κ1) is 18.8. The summed E-state index contributed by atoms with van der Waals surface area (Å²) in [6, 6.07) is 9.37. The lowest BCUT2D eigenvalue weighted by Gasteiger charge is -2.04. The van der Waals surface area contributed by atoms with Gasteiger partial charge >= 0.3 is 5.97 Å².